The van der Waals surface area contributed by atoms with Crippen LogP contribution >= 0.6 is 11.3 Å². The predicted molar refractivity (Wildman–Crippen MR) is 141 cm³/mol. The quantitative estimate of drug-likeness (QED) is 0.384. The minimum Gasteiger partial charge on any atom is -0.385 e. The number of carbonyl (C=O) groups excluding carboxylic acids is 2. The SMILES string of the molecule is CCc1ccc(C(=O)N(CCCOC)CC(=O)N2CCc3sccc3C2c2ccc(C)cc2)cc1. The van der Waals surface area contributed by atoms with Crippen LogP contribution in [0.4, 0.5) is 0 Å². The highest BCUT2D eigenvalue weighted by Crippen LogP contribution is 2.38. The van der Waals surface area contributed by atoms with Gasteiger partial charge in [-0.2, -0.15) is 0 Å². The molecule has 1 aromatic heterocycles. The predicted octanol–water partition coefficient (Wildman–Crippen LogP) is 5.27. The second-order valence-electron chi connectivity index (χ2n) is 9.07. The second kappa shape index (κ2) is 11.6. The molecule has 2 aromatic carbocycles. The highest BCUT2D eigenvalue weighted by Gasteiger charge is 2.34. The fraction of sp³-hybridized carbons (Fsp3) is 0.379. The Labute approximate surface area is 212 Å². The van der Waals surface area contributed by atoms with Crippen LogP contribution in [0.2, 0.25) is 0 Å². The van der Waals surface area contributed by atoms with Crippen molar-refractivity contribution in [1.82, 2.24) is 9.80 Å². The average molecular weight is 491 g/mol. The number of hydrogen-bond donors (Lipinski definition) is 0. The summed E-state index contributed by atoms with van der Waals surface area (Å²) in [5.74, 6) is -0.138. The molecule has 4 rings (SSSR count). The number of aryl methyl sites for hydroxylation is 2. The first-order chi connectivity index (χ1) is 17.0. The molecule has 3 aromatic rings. The van der Waals surface area contributed by atoms with Gasteiger partial charge in [0.05, 0.1) is 6.04 Å². The number of carbonyl (C=O) groups is 2. The fourth-order valence-corrected chi connectivity index (χ4v) is 5.57. The molecule has 0 bridgehead atoms. The zero-order valence-electron chi connectivity index (χ0n) is 20.8. The molecule has 5 nitrogen and oxygen atoms in total. The van der Waals surface area contributed by atoms with Crippen molar-refractivity contribution in [2.75, 3.05) is 33.4 Å². The van der Waals surface area contributed by atoms with E-state index in [9.17, 15) is 9.59 Å². The molecule has 2 amide bonds. The number of methoxy groups -OCH3 is 1. The molecule has 0 aliphatic carbocycles. The summed E-state index contributed by atoms with van der Waals surface area (Å²) in [6.07, 6.45) is 2.44. The molecule has 0 N–H and O–H groups in total. The van der Waals surface area contributed by atoms with Crippen LogP contribution in [0.1, 0.15) is 56.9 Å². The van der Waals surface area contributed by atoms with Crippen molar-refractivity contribution >= 4 is 23.2 Å². The van der Waals surface area contributed by atoms with Gasteiger partial charge in [0.2, 0.25) is 5.91 Å². The van der Waals surface area contributed by atoms with E-state index in [2.05, 4.69) is 49.6 Å². The second-order valence-corrected chi connectivity index (χ2v) is 10.1. The maximum Gasteiger partial charge on any atom is 0.254 e. The first-order valence-electron chi connectivity index (χ1n) is 12.3. The monoisotopic (exact) mass is 490 g/mol. The molecule has 35 heavy (non-hydrogen) atoms. The number of rotatable bonds is 9. The van der Waals surface area contributed by atoms with Crippen LogP contribution in [-0.2, 0) is 22.4 Å². The Kier molecular flexibility index (Phi) is 8.37. The molecule has 6 heteroatoms. The molecular formula is C29H34N2O3S. The Hall–Kier alpha value is -2.96. The number of amides is 2. The molecule has 0 spiro atoms. The molecule has 1 aliphatic heterocycles. The number of fused-ring (bicyclic) bond motifs is 1. The van der Waals surface area contributed by atoms with Gasteiger partial charge >= 0.3 is 0 Å². The van der Waals surface area contributed by atoms with E-state index in [-0.39, 0.29) is 24.4 Å². The molecular weight excluding hydrogens is 456 g/mol. The van der Waals surface area contributed by atoms with Gasteiger partial charge in [-0.25, -0.2) is 0 Å². The minimum absolute atomic E-state index is 0.0247. The number of nitrogens with zero attached hydrogens (tertiary/aromatic N) is 2. The van der Waals surface area contributed by atoms with Gasteiger partial charge in [0.1, 0.15) is 6.54 Å². The number of thiophene rings is 1. The fourth-order valence-electron chi connectivity index (χ4n) is 4.67. The molecule has 2 heterocycles. The van der Waals surface area contributed by atoms with Crippen LogP contribution in [0.15, 0.2) is 60.0 Å². The molecule has 1 aliphatic rings. The van der Waals surface area contributed by atoms with Crippen molar-refractivity contribution in [2.45, 2.75) is 39.2 Å². The summed E-state index contributed by atoms with van der Waals surface area (Å²) in [5, 5.41) is 2.11. The van der Waals surface area contributed by atoms with Crippen LogP contribution in [0.5, 0.6) is 0 Å². The van der Waals surface area contributed by atoms with Crippen LogP contribution in [0.25, 0.3) is 0 Å². The van der Waals surface area contributed by atoms with Gasteiger partial charge in [-0.05, 0) is 66.5 Å². The van der Waals surface area contributed by atoms with Crippen molar-refractivity contribution in [2.24, 2.45) is 0 Å². The Morgan fingerprint density at radius 3 is 2.51 bits per heavy atom. The van der Waals surface area contributed by atoms with E-state index in [0.717, 1.165) is 18.4 Å². The van der Waals surface area contributed by atoms with E-state index >= 15 is 0 Å². The molecule has 184 valence electrons. The van der Waals surface area contributed by atoms with Crippen LogP contribution in [-0.4, -0.2) is 55.0 Å². The first-order valence-corrected chi connectivity index (χ1v) is 13.2. The zero-order valence-corrected chi connectivity index (χ0v) is 21.6. The number of hydrogen-bond acceptors (Lipinski definition) is 4. The highest BCUT2D eigenvalue weighted by molar-refractivity contribution is 7.10. The Bertz CT molecular complexity index is 1140. The summed E-state index contributed by atoms with van der Waals surface area (Å²) < 4.78 is 5.21. The first kappa shape index (κ1) is 25.1. The standard InChI is InChI=1S/C29H34N2O3S/c1-4-22-8-12-24(13-9-22)29(33)30(16-5-18-34-3)20-27(32)31-17-14-26-25(15-19-35-26)28(31)23-10-6-21(2)7-11-23/h6-13,15,19,28H,4-5,14,16-18,20H2,1-3H3. The lowest BCUT2D eigenvalue weighted by Gasteiger charge is -2.37. The summed E-state index contributed by atoms with van der Waals surface area (Å²) >= 11 is 1.76. The maximum atomic E-state index is 13.8. The lowest BCUT2D eigenvalue weighted by Crippen LogP contribution is -2.47. The lowest BCUT2D eigenvalue weighted by molar-refractivity contribution is -0.134. The Morgan fingerprint density at radius 2 is 1.83 bits per heavy atom. The van der Waals surface area contributed by atoms with Crippen LogP contribution in [0.3, 0.4) is 0 Å². The minimum atomic E-state index is -0.127. The average Bonchev–Trinajstić information content (AvgIpc) is 3.37. The molecule has 0 fully saturated rings. The third kappa shape index (κ3) is 5.82. The van der Waals surface area contributed by atoms with Crippen molar-refractivity contribution in [1.29, 1.82) is 0 Å². The van der Waals surface area contributed by atoms with Crippen molar-refractivity contribution in [3.05, 3.63) is 92.7 Å². The van der Waals surface area contributed by atoms with Crippen LogP contribution < -0.4 is 0 Å². The van der Waals surface area contributed by atoms with Crippen molar-refractivity contribution in [3.63, 3.8) is 0 Å². The van der Waals surface area contributed by atoms with Crippen molar-refractivity contribution in [3.8, 4) is 0 Å². The van der Waals surface area contributed by atoms with Gasteiger partial charge < -0.3 is 14.5 Å². The normalized spacial score (nSPS) is 15.1. The van der Waals surface area contributed by atoms with Gasteiger partial charge in [-0.3, -0.25) is 9.59 Å². The van der Waals surface area contributed by atoms with E-state index in [4.69, 9.17) is 4.74 Å². The third-order valence-corrected chi connectivity index (χ3v) is 7.67. The Balaban J connectivity index is 1.58. The van der Waals surface area contributed by atoms with Gasteiger partial charge in [0.25, 0.3) is 5.91 Å². The third-order valence-electron chi connectivity index (χ3n) is 6.68. The van der Waals surface area contributed by atoms with E-state index < -0.39 is 0 Å². The van der Waals surface area contributed by atoms with E-state index in [1.54, 1.807) is 23.3 Å². The number of ether oxygens (including phenoxy) is 1. The van der Waals surface area contributed by atoms with Gasteiger partial charge in [0, 0.05) is 37.2 Å². The molecule has 0 saturated carbocycles. The molecule has 0 saturated heterocycles. The van der Waals surface area contributed by atoms with E-state index in [0.29, 0.717) is 31.7 Å². The van der Waals surface area contributed by atoms with E-state index in [1.165, 1.54) is 21.6 Å². The highest BCUT2D eigenvalue weighted by atomic mass is 32.1. The molecule has 1 atom stereocenters. The number of benzene rings is 2. The van der Waals surface area contributed by atoms with Gasteiger partial charge in [0.15, 0.2) is 0 Å². The van der Waals surface area contributed by atoms with Crippen LogP contribution in [0, 0.1) is 6.92 Å². The largest absolute Gasteiger partial charge is 0.385 e. The summed E-state index contributed by atoms with van der Waals surface area (Å²) in [7, 11) is 1.65. The summed E-state index contributed by atoms with van der Waals surface area (Å²) in [4.78, 5) is 32.2. The lowest BCUT2D eigenvalue weighted by atomic mass is 9.92. The van der Waals surface area contributed by atoms with Gasteiger partial charge in [-0.15, -0.1) is 11.3 Å². The summed E-state index contributed by atoms with van der Waals surface area (Å²) in [6, 6.07) is 18.1. The van der Waals surface area contributed by atoms with E-state index in [1.807, 2.05) is 29.2 Å². The summed E-state index contributed by atoms with van der Waals surface area (Å²) in [5.41, 5.74) is 5.30. The molecule has 0 radical (unpaired) electrons. The maximum absolute atomic E-state index is 13.8. The topological polar surface area (TPSA) is 49.9 Å². The van der Waals surface area contributed by atoms with Gasteiger partial charge in [-0.1, -0.05) is 48.9 Å². The zero-order chi connectivity index (χ0) is 24.8. The molecule has 1 unspecified atom stereocenters. The summed E-state index contributed by atoms with van der Waals surface area (Å²) in [6.45, 7) is 5.88. The van der Waals surface area contributed by atoms with Crippen molar-refractivity contribution < 1.29 is 14.3 Å². The Morgan fingerprint density at radius 1 is 1.09 bits per heavy atom. The smallest absolute Gasteiger partial charge is 0.254 e.